The van der Waals surface area contributed by atoms with Crippen LogP contribution in [-0.2, 0) is 0 Å². The number of benzene rings is 1. The van der Waals surface area contributed by atoms with Crippen LogP contribution in [0.1, 0.15) is 41.0 Å². The van der Waals surface area contributed by atoms with Crippen LogP contribution in [0.4, 0.5) is 5.69 Å². The van der Waals surface area contributed by atoms with E-state index >= 15 is 0 Å². The number of rotatable bonds is 5. The molecule has 2 amide bonds. The number of hydrogen-bond donors (Lipinski definition) is 2. The van der Waals surface area contributed by atoms with E-state index in [0.717, 1.165) is 6.42 Å². The molecule has 1 aromatic carbocycles. The summed E-state index contributed by atoms with van der Waals surface area (Å²) >= 11 is 0. The molecule has 0 saturated carbocycles. The maximum absolute atomic E-state index is 12.2. The first-order valence-electron chi connectivity index (χ1n) is 7.22. The smallest absolute Gasteiger partial charge is 0.257 e. The first kappa shape index (κ1) is 15.7. The fourth-order valence-electron chi connectivity index (χ4n) is 1.82. The van der Waals surface area contributed by atoms with Gasteiger partial charge in [-0.3, -0.25) is 14.6 Å². The third-order valence-corrected chi connectivity index (χ3v) is 3.28. The normalized spacial score (nSPS) is 11.5. The van der Waals surface area contributed by atoms with E-state index in [4.69, 9.17) is 0 Å². The second kappa shape index (κ2) is 7.36. The highest BCUT2D eigenvalue weighted by atomic mass is 16.2. The summed E-state index contributed by atoms with van der Waals surface area (Å²) < 4.78 is 0. The van der Waals surface area contributed by atoms with E-state index in [2.05, 4.69) is 15.6 Å². The van der Waals surface area contributed by atoms with Gasteiger partial charge in [-0.2, -0.15) is 0 Å². The molecule has 0 saturated heterocycles. The first-order valence-corrected chi connectivity index (χ1v) is 7.22. The molecule has 1 atom stereocenters. The lowest BCUT2D eigenvalue weighted by Crippen LogP contribution is -2.32. The lowest BCUT2D eigenvalue weighted by Gasteiger charge is -2.11. The first-order chi connectivity index (χ1) is 10.6. The van der Waals surface area contributed by atoms with Crippen molar-refractivity contribution >= 4 is 17.5 Å². The van der Waals surface area contributed by atoms with Gasteiger partial charge in [0.1, 0.15) is 0 Å². The van der Waals surface area contributed by atoms with Crippen LogP contribution in [0.5, 0.6) is 0 Å². The Bertz CT molecular complexity index is 656. The van der Waals surface area contributed by atoms with Gasteiger partial charge in [-0.25, -0.2) is 0 Å². The number of nitrogens with zero attached hydrogens (tertiary/aromatic N) is 1. The van der Waals surface area contributed by atoms with Crippen LogP contribution >= 0.6 is 0 Å². The van der Waals surface area contributed by atoms with E-state index in [9.17, 15) is 9.59 Å². The van der Waals surface area contributed by atoms with Crippen molar-refractivity contribution in [1.82, 2.24) is 10.3 Å². The molecule has 0 aliphatic rings. The fraction of sp³-hybridized carbons (Fsp3) is 0.235. The van der Waals surface area contributed by atoms with Crippen molar-refractivity contribution in [2.45, 2.75) is 26.3 Å². The Morgan fingerprint density at radius 2 is 1.73 bits per heavy atom. The van der Waals surface area contributed by atoms with Crippen LogP contribution in [0.15, 0.2) is 48.8 Å². The van der Waals surface area contributed by atoms with Gasteiger partial charge in [0, 0.05) is 24.1 Å². The van der Waals surface area contributed by atoms with Crippen molar-refractivity contribution in [2.75, 3.05) is 5.32 Å². The maximum Gasteiger partial charge on any atom is 0.257 e. The molecule has 0 aliphatic heterocycles. The molecule has 22 heavy (non-hydrogen) atoms. The largest absolute Gasteiger partial charge is 0.350 e. The summed E-state index contributed by atoms with van der Waals surface area (Å²) in [4.78, 5) is 28.2. The van der Waals surface area contributed by atoms with E-state index in [0.29, 0.717) is 16.8 Å². The molecular formula is C17H19N3O2. The second-order valence-electron chi connectivity index (χ2n) is 5.07. The van der Waals surface area contributed by atoms with Gasteiger partial charge in [-0.1, -0.05) is 25.1 Å². The molecule has 114 valence electrons. The number of carbonyl (C=O) groups is 2. The number of amides is 2. The topological polar surface area (TPSA) is 71.1 Å². The quantitative estimate of drug-likeness (QED) is 0.891. The van der Waals surface area contributed by atoms with E-state index < -0.39 is 0 Å². The van der Waals surface area contributed by atoms with Gasteiger partial charge >= 0.3 is 0 Å². The Labute approximate surface area is 129 Å². The summed E-state index contributed by atoms with van der Waals surface area (Å²) in [7, 11) is 0. The zero-order chi connectivity index (χ0) is 15.9. The Hall–Kier alpha value is -2.69. The molecule has 1 unspecified atom stereocenters. The average molecular weight is 297 g/mol. The molecule has 2 N–H and O–H groups in total. The van der Waals surface area contributed by atoms with E-state index in [1.54, 1.807) is 18.2 Å². The minimum atomic E-state index is -0.295. The third kappa shape index (κ3) is 4.15. The maximum atomic E-state index is 12.2. The van der Waals surface area contributed by atoms with Crippen molar-refractivity contribution in [3.63, 3.8) is 0 Å². The Morgan fingerprint density at radius 1 is 1.09 bits per heavy atom. The molecular weight excluding hydrogens is 278 g/mol. The molecule has 0 aliphatic carbocycles. The Morgan fingerprint density at radius 3 is 2.36 bits per heavy atom. The van der Waals surface area contributed by atoms with Crippen LogP contribution in [0.3, 0.4) is 0 Å². The van der Waals surface area contributed by atoms with E-state index in [1.807, 2.05) is 32.0 Å². The van der Waals surface area contributed by atoms with Gasteiger partial charge in [0.25, 0.3) is 11.8 Å². The number of carbonyl (C=O) groups excluding carboxylic acids is 2. The highest BCUT2D eigenvalue weighted by Crippen LogP contribution is 2.09. The van der Waals surface area contributed by atoms with Gasteiger partial charge in [-0.05, 0) is 31.5 Å². The molecule has 2 rings (SSSR count). The summed E-state index contributed by atoms with van der Waals surface area (Å²) in [6.45, 7) is 3.92. The van der Waals surface area contributed by atoms with E-state index in [-0.39, 0.29) is 17.9 Å². The highest BCUT2D eigenvalue weighted by Gasteiger charge is 2.12. The molecule has 0 radical (unpaired) electrons. The standard InChI is InChI=1S/C17H19N3O2/c1-3-12(2)19-16(21)13-9-14(11-18-10-13)17(22)20-15-7-5-4-6-8-15/h4-12H,3H2,1-2H3,(H,19,21)(H,20,22). The van der Waals surface area contributed by atoms with Crippen LogP contribution in [0, 0.1) is 0 Å². The summed E-state index contributed by atoms with van der Waals surface area (Å²) in [5.74, 6) is -0.520. The molecule has 5 nitrogen and oxygen atoms in total. The molecule has 0 bridgehead atoms. The van der Waals surface area contributed by atoms with Crippen LogP contribution in [0.2, 0.25) is 0 Å². The van der Waals surface area contributed by atoms with E-state index in [1.165, 1.54) is 12.4 Å². The molecule has 5 heteroatoms. The molecule has 1 aromatic heterocycles. The Balaban J connectivity index is 2.11. The number of anilines is 1. The lowest BCUT2D eigenvalue weighted by atomic mass is 10.1. The van der Waals surface area contributed by atoms with Crippen LogP contribution in [0.25, 0.3) is 0 Å². The van der Waals surface area contributed by atoms with Crippen LogP contribution in [-0.4, -0.2) is 22.8 Å². The number of hydrogen-bond acceptors (Lipinski definition) is 3. The van der Waals surface area contributed by atoms with Crippen molar-refractivity contribution in [3.05, 3.63) is 59.9 Å². The summed E-state index contributed by atoms with van der Waals surface area (Å²) in [6.07, 6.45) is 3.74. The van der Waals surface area contributed by atoms with Gasteiger partial charge in [0.2, 0.25) is 0 Å². The summed E-state index contributed by atoms with van der Waals surface area (Å²) in [5.41, 5.74) is 1.42. The predicted octanol–water partition coefficient (Wildman–Crippen LogP) is 2.86. The van der Waals surface area contributed by atoms with Crippen molar-refractivity contribution in [2.24, 2.45) is 0 Å². The third-order valence-electron chi connectivity index (χ3n) is 3.28. The molecule has 1 heterocycles. The minimum absolute atomic E-state index is 0.0781. The summed E-state index contributed by atoms with van der Waals surface area (Å²) in [5, 5.41) is 5.62. The Kier molecular flexibility index (Phi) is 5.25. The van der Waals surface area contributed by atoms with Gasteiger partial charge in [0.15, 0.2) is 0 Å². The predicted molar refractivity (Wildman–Crippen MR) is 85.9 cm³/mol. The van der Waals surface area contributed by atoms with Gasteiger partial charge < -0.3 is 10.6 Å². The zero-order valence-corrected chi connectivity index (χ0v) is 12.7. The second-order valence-corrected chi connectivity index (χ2v) is 5.07. The summed E-state index contributed by atoms with van der Waals surface area (Å²) in [6, 6.07) is 10.8. The van der Waals surface area contributed by atoms with Gasteiger partial charge in [-0.15, -0.1) is 0 Å². The number of pyridine rings is 1. The SMILES string of the molecule is CCC(C)NC(=O)c1cncc(C(=O)Nc2ccccc2)c1. The van der Waals surface area contributed by atoms with Crippen molar-refractivity contribution in [1.29, 1.82) is 0 Å². The molecule has 2 aromatic rings. The number of para-hydroxylation sites is 1. The molecule has 0 spiro atoms. The average Bonchev–Trinajstić information content (AvgIpc) is 2.55. The monoisotopic (exact) mass is 297 g/mol. The number of aromatic nitrogens is 1. The van der Waals surface area contributed by atoms with Crippen LogP contribution < -0.4 is 10.6 Å². The van der Waals surface area contributed by atoms with Gasteiger partial charge in [0.05, 0.1) is 11.1 Å². The fourth-order valence-corrected chi connectivity index (χ4v) is 1.82. The lowest BCUT2D eigenvalue weighted by molar-refractivity contribution is 0.0939. The zero-order valence-electron chi connectivity index (χ0n) is 12.7. The van der Waals surface area contributed by atoms with Crippen molar-refractivity contribution < 1.29 is 9.59 Å². The molecule has 0 fully saturated rings. The highest BCUT2D eigenvalue weighted by molar-refractivity contribution is 6.05. The minimum Gasteiger partial charge on any atom is -0.350 e. The number of nitrogens with one attached hydrogen (secondary N) is 2. The van der Waals surface area contributed by atoms with Crippen molar-refractivity contribution in [3.8, 4) is 0 Å².